The number of fused-ring (bicyclic) bond motifs is 1. The minimum absolute atomic E-state index is 0.0797. The molecule has 3 aromatic rings. The first-order valence-corrected chi connectivity index (χ1v) is 11.3. The van der Waals surface area contributed by atoms with Gasteiger partial charge in [-0.05, 0) is 37.6 Å². The molecular formula is C20H22N2O4S2. The molecule has 6 nitrogen and oxygen atoms in total. The molecule has 0 atom stereocenters. The second-order valence-electron chi connectivity index (χ2n) is 6.49. The summed E-state index contributed by atoms with van der Waals surface area (Å²) in [5, 5.41) is 0. The fourth-order valence-corrected chi connectivity index (χ4v) is 5.24. The van der Waals surface area contributed by atoms with Gasteiger partial charge in [0.2, 0.25) is 5.91 Å². The second kappa shape index (κ2) is 8.28. The SMILES string of the molecule is COc1cccc2sc(=NC(=O)CCCS(=O)(=O)c3ccc(C)cc3)n(C)c12. The van der Waals surface area contributed by atoms with Crippen LogP contribution >= 0.6 is 11.3 Å². The molecule has 0 unspecified atom stereocenters. The second-order valence-corrected chi connectivity index (χ2v) is 9.61. The number of hydrogen-bond donors (Lipinski definition) is 0. The molecule has 2 aromatic carbocycles. The molecule has 0 fully saturated rings. The highest BCUT2D eigenvalue weighted by Gasteiger charge is 2.15. The number of sulfone groups is 1. The van der Waals surface area contributed by atoms with Gasteiger partial charge in [0, 0.05) is 13.5 Å². The summed E-state index contributed by atoms with van der Waals surface area (Å²) in [5.74, 6) is 0.304. The maximum atomic E-state index is 12.4. The monoisotopic (exact) mass is 418 g/mol. The van der Waals surface area contributed by atoms with Gasteiger partial charge in [0.1, 0.15) is 11.3 Å². The lowest BCUT2D eigenvalue weighted by molar-refractivity contribution is -0.118. The van der Waals surface area contributed by atoms with Gasteiger partial charge in [0.15, 0.2) is 14.6 Å². The molecule has 0 saturated heterocycles. The lowest BCUT2D eigenvalue weighted by Crippen LogP contribution is -2.14. The third kappa shape index (κ3) is 4.34. The van der Waals surface area contributed by atoms with Crippen molar-refractivity contribution >= 4 is 37.3 Å². The Bertz CT molecular complexity index is 1170. The van der Waals surface area contributed by atoms with Crippen molar-refractivity contribution in [3.05, 3.63) is 52.8 Å². The lowest BCUT2D eigenvalue weighted by atomic mass is 10.2. The zero-order valence-corrected chi connectivity index (χ0v) is 17.6. The Kier molecular flexibility index (Phi) is 6.00. The van der Waals surface area contributed by atoms with E-state index in [1.807, 2.05) is 36.7 Å². The first kappa shape index (κ1) is 20.3. The van der Waals surface area contributed by atoms with Gasteiger partial charge in [-0.15, -0.1) is 0 Å². The molecule has 1 amide bonds. The van der Waals surface area contributed by atoms with Crippen LogP contribution in [0.3, 0.4) is 0 Å². The van der Waals surface area contributed by atoms with Crippen molar-refractivity contribution in [1.82, 2.24) is 4.57 Å². The standard InChI is InChI=1S/C20H22N2O4S2/c1-14-9-11-15(12-10-14)28(24,25)13-5-8-18(23)21-20-22(2)19-16(26-3)6-4-7-17(19)27-20/h4,6-7,9-12H,5,8,13H2,1-3H3. The summed E-state index contributed by atoms with van der Waals surface area (Å²) in [6.07, 6.45) is 0.312. The van der Waals surface area contributed by atoms with E-state index in [4.69, 9.17) is 4.74 Å². The zero-order valence-electron chi connectivity index (χ0n) is 16.0. The van der Waals surface area contributed by atoms with Gasteiger partial charge in [-0.3, -0.25) is 4.79 Å². The first-order chi connectivity index (χ1) is 13.3. The third-order valence-electron chi connectivity index (χ3n) is 4.41. The predicted molar refractivity (Wildman–Crippen MR) is 110 cm³/mol. The highest BCUT2D eigenvalue weighted by Crippen LogP contribution is 2.26. The van der Waals surface area contributed by atoms with E-state index in [9.17, 15) is 13.2 Å². The number of para-hydroxylation sites is 1. The molecule has 0 aliphatic carbocycles. The summed E-state index contributed by atoms with van der Waals surface area (Å²) in [6, 6.07) is 12.4. The van der Waals surface area contributed by atoms with Crippen molar-refractivity contribution in [2.45, 2.75) is 24.7 Å². The van der Waals surface area contributed by atoms with E-state index in [-0.39, 0.29) is 29.4 Å². The summed E-state index contributed by atoms with van der Waals surface area (Å²) in [6.45, 7) is 1.90. The number of carbonyl (C=O) groups is 1. The maximum Gasteiger partial charge on any atom is 0.248 e. The number of amides is 1. The Hall–Kier alpha value is -2.45. The Labute approximate surface area is 168 Å². The fraction of sp³-hybridized carbons (Fsp3) is 0.300. The number of benzene rings is 2. The van der Waals surface area contributed by atoms with Gasteiger partial charge >= 0.3 is 0 Å². The normalized spacial score (nSPS) is 12.5. The Morgan fingerprint density at radius 1 is 1.18 bits per heavy atom. The fourth-order valence-electron chi connectivity index (χ4n) is 2.88. The molecule has 1 aromatic heterocycles. The number of rotatable bonds is 6. The molecule has 0 N–H and O–H groups in total. The van der Waals surface area contributed by atoms with Crippen molar-refractivity contribution in [1.29, 1.82) is 0 Å². The molecule has 0 saturated carbocycles. The summed E-state index contributed by atoms with van der Waals surface area (Å²) in [4.78, 5) is 17.3. The number of aryl methyl sites for hydroxylation is 2. The van der Waals surface area contributed by atoms with Gasteiger partial charge in [-0.2, -0.15) is 4.99 Å². The third-order valence-corrected chi connectivity index (χ3v) is 7.32. The molecule has 0 spiro atoms. The number of methoxy groups -OCH3 is 1. The summed E-state index contributed by atoms with van der Waals surface area (Å²) >= 11 is 1.40. The van der Waals surface area contributed by atoms with Crippen LogP contribution in [0.1, 0.15) is 18.4 Å². The molecule has 0 aliphatic rings. The van der Waals surface area contributed by atoms with Crippen LogP contribution in [0.4, 0.5) is 0 Å². The number of thiazole rings is 1. The first-order valence-electron chi connectivity index (χ1n) is 8.81. The highest BCUT2D eigenvalue weighted by atomic mass is 32.2. The van der Waals surface area contributed by atoms with Crippen LogP contribution < -0.4 is 9.54 Å². The van der Waals surface area contributed by atoms with E-state index in [0.717, 1.165) is 15.8 Å². The van der Waals surface area contributed by atoms with E-state index < -0.39 is 9.84 Å². The van der Waals surface area contributed by atoms with E-state index in [2.05, 4.69) is 4.99 Å². The molecule has 0 radical (unpaired) electrons. The number of aromatic nitrogens is 1. The Morgan fingerprint density at radius 3 is 2.57 bits per heavy atom. The van der Waals surface area contributed by atoms with Crippen molar-refractivity contribution in [3.8, 4) is 5.75 Å². The topological polar surface area (TPSA) is 77.7 Å². The lowest BCUT2D eigenvalue weighted by Gasteiger charge is -2.04. The van der Waals surface area contributed by atoms with Gasteiger partial charge in [-0.1, -0.05) is 35.1 Å². The van der Waals surface area contributed by atoms with Crippen LogP contribution in [-0.4, -0.2) is 31.8 Å². The number of carbonyl (C=O) groups excluding carboxylic acids is 1. The smallest absolute Gasteiger partial charge is 0.248 e. The van der Waals surface area contributed by atoms with Crippen LogP contribution in [0.5, 0.6) is 5.75 Å². The largest absolute Gasteiger partial charge is 0.495 e. The number of nitrogens with zero attached hydrogens (tertiary/aromatic N) is 2. The molecular weight excluding hydrogens is 396 g/mol. The number of hydrogen-bond acceptors (Lipinski definition) is 5. The zero-order chi connectivity index (χ0) is 20.3. The molecule has 1 heterocycles. The molecule has 148 valence electrons. The van der Waals surface area contributed by atoms with Gasteiger partial charge in [0.25, 0.3) is 0 Å². The molecule has 0 bridgehead atoms. The van der Waals surface area contributed by atoms with E-state index >= 15 is 0 Å². The molecule has 28 heavy (non-hydrogen) atoms. The maximum absolute atomic E-state index is 12.4. The molecule has 8 heteroatoms. The van der Waals surface area contributed by atoms with Gasteiger partial charge in [-0.25, -0.2) is 8.42 Å². The van der Waals surface area contributed by atoms with Crippen LogP contribution in [0.25, 0.3) is 10.2 Å². The van der Waals surface area contributed by atoms with Crippen LogP contribution in [0.2, 0.25) is 0 Å². The van der Waals surface area contributed by atoms with Crippen LogP contribution in [-0.2, 0) is 21.7 Å². The van der Waals surface area contributed by atoms with E-state index in [0.29, 0.717) is 10.6 Å². The average molecular weight is 419 g/mol. The minimum Gasteiger partial charge on any atom is -0.495 e. The quantitative estimate of drug-likeness (QED) is 0.616. The molecule has 3 rings (SSSR count). The Balaban J connectivity index is 1.71. The summed E-state index contributed by atoms with van der Waals surface area (Å²) in [7, 11) is 0.0325. The highest BCUT2D eigenvalue weighted by molar-refractivity contribution is 7.91. The molecule has 0 aliphatic heterocycles. The van der Waals surface area contributed by atoms with Crippen LogP contribution in [0, 0.1) is 6.92 Å². The van der Waals surface area contributed by atoms with Gasteiger partial charge in [0.05, 0.1) is 22.5 Å². The number of ether oxygens (including phenoxy) is 1. The van der Waals surface area contributed by atoms with Crippen molar-refractivity contribution in [2.75, 3.05) is 12.9 Å². The minimum atomic E-state index is -3.40. The van der Waals surface area contributed by atoms with E-state index in [1.165, 1.54) is 11.3 Å². The van der Waals surface area contributed by atoms with Gasteiger partial charge < -0.3 is 9.30 Å². The predicted octanol–water partition coefficient (Wildman–Crippen LogP) is 3.24. The summed E-state index contributed by atoms with van der Waals surface area (Å²) < 4.78 is 32.9. The van der Waals surface area contributed by atoms with Crippen molar-refractivity contribution in [2.24, 2.45) is 12.0 Å². The van der Waals surface area contributed by atoms with Crippen molar-refractivity contribution in [3.63, 3.8) is 0 Å². The Morgan fingerprint density at radius 2 is 1.89 bits per heavy atom. The average Bonchev–Trinajstić information content (AvgIpc) is 2.97. The van der Waals surface area contributed by atoms with Crippen molar-refractivity contribution < 1.29 is 17.9 Å². The van der Waals surface area contributed by atoms with E-state index in [1.54, 1.807) is 31.4 Å². The summed E-state index contributed by atoms with van der Waals surface area (Å²) in [5.41, 5.74) is 1.88. The van der Waals surface area contributed by atoms with Crippen LogP contribution in [0.15, 0.2) is 52.4 Å².